The van der Waals surface area contributed by atoms with Gasteiger partial charge in [0.15, 0.2) is 11.5 Å². The Morgan fingerprint density at radius 2 is 1.68 bits per heavy atom. The molecule has 41 heavy (non-hydrogen) atoms. The van der Waals surface area contributed by atoms with Crippen molar-refractivity contribution < 1.29 is 33.4 Å². The predicted molar refractivity (Wildman–Crippen MR) is 150 cm³/mol. The van der Waals surface area contributed by atoms with Crippen LogP contribution in [0.1, 0.15) is 69.6 Å². The number of ketones is 1. The summed E-state index contributed by atoms with van der Waals surface area (Å²) < 4.78 is 26.7. The summed E-state index contributed by atoms with van der Waals surface area (Å²) in [5.74, 6) is -2.95. The molecule has 0 radical (unpaired) electrons. The molecule has 3 aromatic carbocycles. The second-order valence-corrected chi connectivity index (χ2v) is 10.9. The smallest absolute Gasteiger partial charge is 0.308 e. The molecular weight excluding hydrogens is 572 g/mol. The number of amides is 1. The number of benzene rings is 3. The van der Waals surface area contributed by atoms with Crippen LogP contribution >= 0.6 is 23.2 Å². The number of Topliss-reactive ketones (excluding diaryl/α,β-unsaturated/α-hetero) is 1. The number of carbonyl (C=O) groups is 3. The van der Waals surface area contributed by atoms with E-state index in [4.69, 9.17) is 32.7 Å². The molecule has 0 aromatic heterocycles. The molecule has 1 amide bonds. The first kappa shape index (κ1) is 29.2. The highest BCUT2D eigenvalue weighted by atomic mass is 35.5. The van der Waals surface area contributed by atoms with Crippen LogP contribution in [0.2, 0.25) is 10.0 Å². The van der Waals surface area contributed by atoms with Crippen molar-refractivity contribution >= 4 is 40.9 Å². The second kappa shape index (κ2) is 11.9. The van der Waals surface area contributed by atoms with E-state index >= 15 is 4.39 Å². The lowest BCUT2D eigenvalue weighted by Crippen LogP contribution is -2.47. The van der Waals surface area contributed by atoms with Gasteiger partial charge >= 0.3 is 5.97 Å². The van der Waals surface area contributed by atoms with E-state index in [0.29, 0.717) is 41.7 Å². The molecule has 214 valence electrons. The molecule has 2 heterocycles. The maximum absolute atomic E-state index is 16.1. The van der Waals surface area contributed by atoms with E-state index in [1.807, 2.05) is 0 Å². The third kappa shape index (κ3) is 5.49. The molecule has 7 nitrogen and oxygen atoms in total. The molecule has 1 fully saturated rings. The van der Waals surface area contributed by atoms with Crippen LogP contribution in [0.4, 0.5) is 4.39 Å². The number of hydrogen-bond donors (Lipinski definition) is 1. The molecule has 2 aliphatic rings. The van der Waals surface area contributed by atoms with Crippen molar-refractivity contribution in [2.24, 2.45) is 5.92 Å². The Labute approximate surface area is 246 Å². The number of halogens is 3. The lowest BCUT2D eigenvalue weighted by molar-refractivity contribution is -0.146. The first-order valence-corrected chi connectivity index (χ1v) is 14.1. The van der Waals surface area contributed by atoms with Gasteiger partial charge in [-0.2, -0.15) is 0 Å². The van der Waals surface area contributed by atoms with Crippen LogP contribution in [0, 0.1) is 11.7 Å². The summed E-state index contributed by atoms with van der Waals surface area (Å²) in [4.78, 5) is 41.4. The van der Waals surface area contributed by atoms with E-state index in [0.717, 1.165) is 11.0 Å². The van der Waals surface area contributed by atoms with Crippen LogP contribution in [0.5, 0.6) is 0 Å². The summed E-state index contributed by atoms with van der Waals surface area (Å²) in [5, 5.41) is 13.3. The first-order chi connectivity index (χ1) is 19.6. The zero-order valence-electron chi connectivity index (χ0n) is 22.2. The van der Waals surface area contributed by atoms with E-state index < -0.39 is 29.5 Å². The van der Waals surface area contributed by atoms with Crippen molar-refractivity contribution in [3.8, 4) is 0 Å². The number of rotatable bonds is 8. The Kier molecular flexibility index (Phi) is 8.47. The molecule has 10 heteroatoms. The summed E-state index contributed by atoms with van der Waals surface area (Å²) >= 11 is 12.2. The fourth-order valence-corrected chi connectivity index (χ4v) is 5.87. The molecule has 2 atom stereocenters. The second-order valence-electron chi connectivity index (χ2n) is 10.1. The Balaban J connectivity index is 1.69. The molecule has 0 bridgehead atoms. The van der Waals surface area contributed by atoms with Crippen molar-refractivity contribution in [3.05, 3.63) is 104 Å². The molecule has 1 saturated heterocycles. The average molecular weight is 600 g/mol. The summed E-state index contributed by atoms with van der Waals surface area (Å²) in [6.07, 6.45) is 0.648. The number of aliphatic hydroxyl groups is 1. The third-order valence-electron chi connectivity index (χ3n) is 7.59. The van der Waals surface area contributed by atoms with Crippen LogP contribution < -0.4 is 0 Å². The summed E-state index contributed by atoms with van der Waals surface area (Å²) in [7, 11) is 0. The van der Waals surface area contributed by atoms with Crippen molar-refractivity contribution in [1.29, 1.82) is 0 Å². The minimum Gasteiger partial charge on any atom is -0.466 e. The Morgan fingerprint density at radius 1 is 1.07 bits per heavy atom. The van der Waals surface area contributed by atoms with Gasteiger partial charge in [0.2, 0.25) is 0 Å². The monoisotopic (exact) mass is 599 g/mol. The third-order valence-corrected chi connectivity index (χ3v) is 8.10. The van der Waals surface area contributed by atoms with E-state index in [1.54, 1.807) is 31.2 Å². The number of ether oxygens (including phenoxy) is 2. The Bertz CT molecular complexity index is 1470. The lowest BCUT2D eigenvalue weighted by Gasteiger charge is -2.40. The maximum Gasteiger partial charge on any atom is 0.308 e. The highest BCUT2D eigenvalue weighted by molar-refractivity contribution is 6.30. The maximum atomic E-state index is 16.1. The molecule has 5 rings (SSSR count). The molecule has 2 aliphatic heterocycles. The van der Waals surface area contributed by atoms with Gasteiger partial charge in [-0.3, -0.25) is 19.3 Å². The van der Waals surface area contributed by atoms with Crippen molar-refractivity contribution in [1.82, 2.24) is 4.90 Å². The predicted octanol–water partition coefficient (Wildman–Crippen LogP) is 6.09. The van der Waals surface area contributed by atoms with Crippen LogP contribution in [0.15, 0.2) is 60.7 Å². The van der Waals surface area contributed by atoms with E-state index in [9.17, 15) is 19.5 Å². The minimum atomic E-state index is -2.35. The van der Waals surface area contributed by atoms with Gasteiger partial charge in [0.05, 0.1) is 30.2 Å². The molecular formula is C31H28Cl2FNO6. The van der Waals surface area contributed by atoms with Gasteiger partial charge in [-0.15, -0.1) is 0 Å². The Hall–Kier alpha value is -3.30. The van der Waals surface area contributed by atoms with E-state index in [1.165, 1.54) is 30.3 Å². The zero-order valence-corrected chi connectivity index (χ0v) is 23.8. The number of hydrogen-bond acceptors (Lipinski definition) is 6. The SMILES string of the molecule is CCOC(=O)CC(c1ccc(Cl)cc1)N1C(=O)c2cc(C(=O)C3CCOCC3)cc(F)c2C1(O)c1ccc(Cl)cc1. The van der Waals surface area contributed by atoms with Crippen molar-refractivity contribution in [3.63, 3.8) is 0 Å². The highest BCUT2D eigenvalue weighted by Gasteiger charge is 2.55. The fraction of sp³-hybridized carbons (Fsp3) is 0.323. The summed E-state index contributed by atoms with van der Waals surface area (Å²) in [5.41, 5.74) is -2.17. The van der Waals surface area contributed by atoms with Crippen LogP contribution in [-0.4, -0.2) is 47.5 Å². The van der Waals surface area contributed by atoms with Gasteiger partial charge in [0.1, 0.15) is 5.82 Å². The van der Waals surface area contributed by atoms with Crippen LogP contribution in [-0.2, 0) is 20.0 Å². The topological polar surface area (TPSA) is 93.1 Å². The molecule has 2 unspecified atom stereocenters. The van der Waals surface area contributed by atoms with Gasteiger partial charge < -0.3 is 14.6 Å². The molecule has 0 aliphatic carbocycles. The average Bonchev–Trinajstić information content (AvgIpc) is 3.20. The quantitative estimate of drug-likeness (QED) is 0.249. The van der Waals surface area contributed by atoms with Gasteiger partial charge in [0, 0.05) is 40.3 Å². The molecule has 3 aromatic rings. The van der Waals surface area contributed by atoms with Gasteiger partial charge in [-0.05, 0) is 61.7 Å². The molecule has 0 spiro atoms. The zero-order chi connectivity index (χ0) is 29.3. The first-order valence-electron chi connectivity index (χ1n) is 13.3. The molecule has 1 N–H and O–H groups in total. The van der Waals surface area contributed by atoms with Gasteiger partial charge in [-0.25, -0.2) is 4.39 Å². The van der Waals surface area contributed by atoms with Crippen molar-refractivity contribution in [2.45, 2.75) is 38.0 Å². The minimum absolute atomic E-state index is 0.0373. The standard InChI is InChI=1S/C31H28Cl2FNO6/c1-2-41-27(36)17-26(18-3-7-22(32)8-4-18)35-30(38)24-15-20(29(37)19-11-13-40-14-12-19)16-25(34)28(24)31(35,39)21-5-9-23(33)10-6-21/h3-10,15-16,19,26,39H,2,11-14,17H2,1H3. The summed E-state index contributed by atoms with van der Waals surface area (Å²) in [6, 6.07) is 13.8. The van der Waals surface area contributed by atoms with Crippen molar-refractivity contribution in [2.75, 3.05) is 19.8 Å². The van der Waals surface area contributed by atoms with E-state index in [-0.39, 0.29) is 47.0 Å². The fourth-order valence-electron chi connectivity index (χ4n) is 5.62. The normalized spacial score (nSPS) is 19.6. The van der Waals surface area contributed by atoms with Crippen LogP contribution in [0.3, 0.4) is 0 Å². The lowest BCUT2D eigenvalue weighted by atomic mass is 9.87. The number of esters is 1. The van der Waals surface area contributed by atoms with Crippen LogP contribution in [0.25, 0.3) is 0 Å². The number of nitrogens with zero attached hydrogens (tertiary/aromatic N) is 1. The van der Waals surface area contributed by atoms with E-state index in [2.05, 4.69) is 0 Å². The Morgan fingerprint density at radius 3 is 2.29 bits per heavy atom. The van der Waals surface area contributed by atoms with Gasteiger partial charge in [0.25, 0.3) is 5.91 Å². The largest absolute Gasteiger partial charge is 0.466 e. The molecule has 0 saturated carbocycles. The highest BCUT2D eigenvalue weighted by Crippen LogP contribution is 2.49. The number of fused-ring (bicyclic) bond motifs is 1. The summed E-state index contributed by atoms with van der Waals surface area (Å²) in [6.45, 7) is 2.60. The number of carbonyl (C=O) groups excluding carboxylic acids is 3. The van der Waals surface area contributed by atoms with Gasteiger partial charge in [-0.1, -0.05) is 47.5 Å².